The molecule has 3 N–H and O–H groups in total. The third kappa shape index (κ3) is 3.91. The van der Waals surface area contributed by atoms with Crippen molar-refractivity contribution in [3.63, 3.8) is 0 Å². The van der Waals surface area contributed by atoms with Gasteiger partial charge in [0.1, 0.15) is 11.6 Å². The van der Waals surface area contributed by atoms with Crippen LogP contribution in [0, 0.1) is 5.92 Å². The number of carbonyl (C=O) groups excluding carboxylic acids is 2. The Balaban J connectivity index is 3.07. The van der Waals surface area contributed by atoms with Gasteiger partial charge in [0.05, 0.1) is 7.11 Å². The number of amides is 1. The van der Waals surface area contributed by atoms with Crippen LogP contribution in [0.2, 0.25) is 0 Å². The minimum atomic E-state index is -1.20. The molecule has 0 saturated heterocycles. The van der Waals surface area contributed by atoms with E-state index in [1.54, 1.807) is 6.92 Å². The molecule has 0 aliphatic carbocycles. The molecule has 5 heteroatoms. The van der Waals surface area contributed by atoms with Crippen LogP contribution in [0.5, 0.6) is 0 Å². The number of nitrogens with one attached hydrogen (secondary N) is 1. The molecule has 1 aromatic rings. The van der Waals surface area contributed by atoms with Crippen LogP contribution < -0.4 is 11.1 Å². The molecule has 0 spiro atoms. The molecule has 0 saturated carbocycles. The Labute approximate surface area is 138 Å². The van der Waals surface area contributed by atoms with Gasteiger partial charge in [-0.1, -0.05) is 58.0 Å². The largest absolute Gasteiger partial charge is 0.467 e. The molecular weight excluding hydrogens is 292 g/mol. The molecule has 0 fully saturated rings. The van der Waals surface area contributed by atoms with E-state index >= 15 is 0 Å². The fourth-order valence-electron chi connectivity index (χ4n) is 2.35. The third-order valence-corrected chi connectivity index (χ3v) is 4.67. The summed E-state index contributed by atoms with van der Waals surface area (Å²) < 4.78 is 4.76. The Kier molecular flexibility index (Phi) is 5.94. The van der Waals surface area contributed by atoms with Crippen molar-refractivity contribution in [1.29, 1.82) is 0 Å². The third-order valence-electron chi connectivity index (χ3n) is 4.67. The SMILES string of the molecule is COC(=O)[C@@H](NC(=O)C(C)(N)C(C)(C)c1ccccc1)C(C)C. The van der Waals surface area contributed by atoms with Crippen LogP contribution in [-0.2, 0) is 19.7 Å². The summed E-state index contributed by atoms with van der Waals surface area (Å²) in [6, 6.07) is 8.91. The normalized spacial score (nSPS) is 15.7. The van der Waals surface area contributed by atoms with Gasteiger partial charge < -0.3 is 15.8 Å². The Bertz CT molecular complexity index is 551. The van der Waals surface area contributed by atoms with Crippen molar-refractivity contribution < 1.29 is 14.3 Å². The zero-order valence-electron chi connectivity index (χ0n) is 14.8. The highest BCUT2D eigenvalue weighted by Gasteiger charge is 2.46. The molecule has 1 unspecified atom stereocenters. The first-order valence-corrected chi connectivity index (χ1v) is 7.79. The summed E-state index contributed by atoms with van der Waals surface area (Å²) in [4.78, 5) is 24.6. The van der Waals surface area contributed by atoms with E-state index in [-0.39, 0.29) is 11.8 Å². The predicted octanol–water partition coefficient (Wildman–Crippen LogP) is 2.00. The first kappa shape index (κ1) is 19.2. The van der Waals surface area contributed by atoms with E-state index in [1.807, 2.05) is 58.0 Å². The Morgan fingerprint density at radius 1 is 1.13 bits per heavy atom. The summed E-state index contributed by atoms with van der Waals surface area (Å²) in [5.74, 6) is -0.945. The van der Waals surface area contributed by atoms with E-state index in [0.29, 0.717) is 0 Å². The molecule has 1 aromatic carbocycles. The number of methoxy groups -OCH3 is 1. The molecular formula is C18H28N2O3. The van der Waals surface area contributed by atoms with Crippen molar-refractivity contribution in [3.05, 3.63) is 35.9 Å². The zero-order chi connectivity index (χ0) is 17.8. The van der Waals surface area contributed by atoms with Gasteiger partial charge in [0.25, 0.3) is 0 Å². The molecule has 128 valence electrons. The fraction of sp³-hybridized carbons (Fsp3) is 0.556. The Hall–Kier alpha value is -1.88. The lowest BCUT2D eigenvalue weighted by Crippen LogP contribution is -2.65. The maximum atomic E-state index is 12.8. The van der Waals surface area contributed by atoms with E-state index in [2.05, 4.69) is 5.32 Å². The Morgan fingerprint density at radius 3 is 2.09 bits per heavy atom. The van der Waals surface area contributed by atoms with Crippen LogP contribution in [-0.4, -0.2) is 30.6 Å². The van der Waals surface area contributed by atoms with Crippen molar-refractivity contribution in [2.24, 2.45) is 11.7 Å². The van der Waals surface area contributed by atoms with Gasteiger partial charge in [-0.25, -0.2) is 4.79 Å². The number of nitrogens with two attached hydrogens (primary N) is 1. The molecule has 0 aliphatic heterocycles. The molecule has 0 bridgehead atoms. The van der Waals surface area contributed by atoms with E-state index in [9.17, 15) is 9.59 Å². The highest BCUT2D eigenvalue weighted by molar-refractivity contribution is 5.91. The van der Waals surface area contributed by atoms with Crippen LogP contribution in [0.15, 0.2) is 30.3 Å². The standard InChI is InChI=1S/C18H28N2O3/c1-12(2)14(15(21)23-6)20-16(22)18(5,19)17(3,4)13-10-8-7-9-11-13/h7-12,14H,19H2,1-6H3,(H,20,22)/t14-,18?/m0/s1. The molecule has 1 rings (SSSR count). The number of rotatable bonds is 6. The summed E-state index contributed by atoms with van der Waals surface area (Å²) in [6.45, 7) is 9.22. The van der Waals surface area contributed by atoms with Gasteiger partial charge in [0.15, 0.2) is 0 Å². The smallest absolute Gasteiger partial charge is 0.328 e. The van der Waals surface area contributed by atoms with Gasteiger partial charge in [-0.15, -0.1) is 0 Å². The number of hydrogen-bond donors (Lipinski definition) is 2. The maximum absolute atomic E-state index is 12.8. The molecule has 0 radical (unpaired) electrons. The molecule has 1 amide bonds. The number of ether oxygens (including phenoxy) is 1. The minimum Gasteiger partial charge on any atom is -0.467 e. The summed E-state index contributed by atoms with van der Waals surface area (Å²) in [5, 5.41) is 2.74. The first-order valence-electron chi connectivity index (χ1n) is 7.79. The second-order valence-electron chi connectivity index (χ2n) is 6.91. The van der Waals surface area contributed by atoms with Crippen LogP contribution in [0.25, 0.3) is 0 Å². The van der Waals surface area contributed by atoms with Crippen molar-refractivity contribution >= 4 is 11.9 Å². The average Bonchev–Trinajstić information content (AvgIpc) is 2.51. The quantitative estimate of drug-likeness (QED) is 0.786. The van der Waals surface area contributed by atoms with Crippen molar-refractivity contribution in [2.75, 3.05) is 7.11 Å². The first-order chi connectivity index (χ1) is 10.6. The highest BCUT2D eigenvalue weighted by atomic mass is 16.5. The van der Waals surface area contributed by atoms with E-state index in [1.165, 1.54) is 7.11 Å². The second kappa shape index (κ2) is 7.13. The lowest BCUT2D eigenvalue weighted by molar-refractivity contribution is -0.147. The van der Waals surface area contributed by atoms with Crippen LogP contribution in [0.3, 0.4) is 0 Å². The number of benzene rings is 1. The molecule has 0 aliphatic rings. The van der Waals surface area contributed by atoms with Gasteiger partial charge in [0.2, 0.25) is 5.91 Å². The number of carbonyl (C=O) groups is 2. The molecule has 5 nitrogen and oxygen atoms in total. The van der Waals surface area contributed by atoms with E-state index < -0.39 is 23.0 Å². The van der Waals surface area contributed by atoms with Crippen molar-refractivity contribution in [3.8, 4) is 0 Å². The molecule has 0 aromatic heterocycles. The fourth-order valence-corrected chi connectivity index (χ4v) is 2.35. The number of esters is 1. The molecule has 23 heavy (non-hydrogen) atoms. The topological polar surface area (TPSA) is 81.4 Å². The summed E-state index contributed by atoms with van der Waals surface area (Å²) in [6.07, 6.45) is 0. The van der Waals surface area contributed by atoms with E-state index in [0.717, 1.165) is 5.56 Å². The number of hydrogen-bond acceptors (Lipinski definition) is 4. The van der Waals surface area contributed by atoms with Gasteiger partial charge in [-0.2, -0.15) is 0 Å². The summed E-state index contributed by atoms with van der Waals surface area (Å²) in [5.41, 5.74) is 5.54. The lowest BCUT2D eigenvalue weighted by atomic mass is 9.68. The van der Waals surface area contributed by atoms with Crippen LogP contribution in [0.4, 0.5) is 0 Å². The zero-order valence-corrected chi connectivity index (χ0v) is 14.8. The van der Waals surface area contributed by atoms with E-state index in [4.69, 9.17) is 10.5 Å². The van der Waals surface area contributed by atoms with Gasteiger partial charge in [0, 0.05) is 5.41 Å². The average molecular weight is 320 g/mol. The van der Waals surface area contributed by atoms with Crippen LogP contribution in [0.1, 0.15) is 40.2 Å². The second-order valence-corrected chi connectivity index (χ2v) is 6.91. The van der Waals surface area contributed by atoms with Crippen molar-refractivity contribution in [2.45, 2.75) is 51.6 Å². The predicted molar refractivity (Wildman–Crippen MR) is 90.8 cm³/mol. The van der Waals surface area contributed by atoms with Gasteiger partial charge in [-0.05, 0) is 18.4 Å². The summed E-state index contributed by atoms with van der Waals surface area (Å²) >= 11 is 0. The maximum Gasteiger partial charge on any atom is 0.328 e. The summed E-state index contributed by atoms with van der Waals surface area (Å²) in [7, 11) is 1.30. The lowest BCUT2D eigenvalue weighted by Gasteiger charge is -2.41. The van der Waals surface area contributed by atoms with Crippen LogP contribution >= 0.6 is 0 Å². The monoisotopic (exact) mass is 320 g/mol. The highest BCUT2D eigenvalue weighted by Crippen LogP contribution is 2.33. The Morgan fingerprint density at radius 2 is 1.65 bits per heavy atom. The van der Waals surface area contributed by atoms with Gasteiger partial charge in [-0.3, -0.25) is 4.79 Å². The molecule has 2 atom stereocenters. The van der Waals surface area contributed by atoms with Gasteiger partial charge >= 0.3 is 5.97 Å². The molecule has 0 heterocycles. The minimum absolute atomic E-state index is 0.0953. The van der Waals surface area contributed by atoms with Crippen molar-refractivity contribution in [1.82, 2.24) is 5.32 Å².